The Morgan fingerprint density at radius 2 is 0.775 bits per heavy atom. The van der Waals surface area contributed by atoms with Gasteiger partial charge >= 0.3 is 0 Å². The van der Waals surface area contributed by atoms with Gasteiger partial charge in [-0.1, -0.05) is 194 Å². The molecule has 3 heteroatoms. The fourth-order valence-corrected chi connectivity index (χ4v) is 10.9. The molecule has 0 unspecified atom stereocenters. The molecule has 0 fully saturated rings. The number of rotatable bonds is 8. The Balaban J connectivity index is 0.885. The first-order valence-electron chi connectivity index (χ1n) is 24.3. The summed E-state index contributed by atoms with van der Waals surface area (Å²) in [5.41, 5.74) is 17.6. The molecule has 0 bridgehead atoms. The molecule has 0 saturated carbocycles. The van der Waals surface area contributed by atoms with Crippen LogP contribution in [0.1, 0.15) is 0 Å². The Bertz CT molecular complexity index is 4290. The summed E-state index contributed by atoms with van der Waals surface area (Å²) in [6, 6.07) is 96.6. The smallest absolute Gasteiger partial charge is 0.143 e. The minimum absolute atomic E-state index is 0.881. The first-order chi connectivity index (χ1) is 35.2. The first kappa shape index (κ1) is 40.6. The summed E-state index contributed by atoms with van der Waals surface area (Å²) < 4.78 is 9.34. The Morgan fingerprint density at radius 1 is 0.282 bits per heavy atom. The molecule has 14 aromatic rings. The molecule has 0 aliphatic heterocycles. The second-order valence-electron chi connectivity index (χ2n) is 18.5. The van der Waals surface area contributed by atoms with Crippen molar-refractivity contribution >= 4 is 82.4 Å². The van der Waals surface area contributed by atoms with Crippen molar-refractivity contribution in [3.8, 4) is 50.2 Å². The Morgan fingerprint density at radius 3 is 1.51 bits per heavy atom. The summed E-state index contributed by atoms with van der Waals surface area (Å²) in [6.45, 7) is 0. The van der Waals surface area contributed by atoms with E-state index in [0.29, 0.717) is 0 Å². The number of anilines is 3. The lowest BCUT2D eigenvalue weighted by Crippen LogP contribution is -2.11. The van der Waals surface area contributed by atoms with E-state index >= 15 is 0 Å². The van der Waals surface area contributed by atoms with Crippen molar-refractivity contribution < 1.29 is 4.42 Å². The summed E-state index contributed by atoms with van der Waals surface area (Å²) in [7, 11) is 0. The summed E-state index contributed by atoms with van der Waals surface area (Å²) in [6.07, 6.45) is 0. The average molecular weight is 905 g/mol. The van der Waals surface area contributed by atoms with Crippen molar-refractivity contribution in [3.05, 3.63) is 267 Å². The van der Waals surface area contributed by atoms with E-state index in [2.05, 4.69) is 276 Å². The second kappa shape index (κ2) is 16.7. The highest BCUT2D eigenvalue weighted by Crippen LogP contribution is 2.46. The molecule has 2 aromatic heterocycles. The number of hydrogen-bond acceptors (Lipinski definition) is 2. The van der Waals surface area contributed by atoms with E-state index in [1.165, 1.54) is 49.3 Å². The molecule has 2 heterocycles. The number of para-hydroxylation sites is 4. The molecule has 332 valence electrons. The van der Waals surface area contributed by atoms with Gasteiger partial charge in [0.25, 0.3) is 0 Å². The molecule has 0 atom stereocenters. The summed E-state index contributed by atoms with van der Waals surface area (Å²) in [4.78, 5) is 2.39. The molecule has 0 aliphatic carbocycles. The highest BCUT2D eigenvalue weighted by Gasteiger charge is 2.22. The molecule has 0 saturated heterocycles. The topological polar surface area (TPSA) is 21.3 Å². The van der Waals surface area contributed by atoms with Gasteiger partial charge in [-0.3, -0.25) is 0 Å². The number of aromatic nitrogens is 1. The van der Waals surface area contributed by atoms with Gasteiger partial charge in [-0.15, -0.1) is 0 Å². The number of hydrogen-bond donors (Lipinski definition) is 0. The molecule has 0 aliphatic rings. The van der Waals surface area contributed by atoms with Crippen LogP contribution in [-0.4, -0.2) is 4.57 Å². The van der Waals surface area contributed by atoms with Crippen LogP contribution < -0.4 is 4.90 Å². The van der Waals surface area contributed by atoms with Crippen LogP contribution in [0.15, 0.2) is 271 Å². The first-order valence-corrected chi connectivity index (χ1v) is 24.3. The minimum atomic E-state index is 0.881. The lowest BCUT2D eigenvalue weighted by molar-refractivity contribution is 0.674. The van der Waals surface area contributed by atoms with Crippen LogP contribution in [-0.2, 0) is 0 Å². The van der Waals surface area contributed by atoms with Crippen molar-refractivity contribution in [1.82, 2.24) is 4.57 Å². The fraction of sp³-hybridized carbons (Fsp3) is 0. The van der Waals surface area contributed by atoms with Gasteiger partial charge < -0.3 is 13.9 Å². The van der Waals surface area contributed by atoms with Crippen LogP contribution in [0.25, 0.3) is 115 Å². The van der Waals surface area contributed by atoms with Crippen molar-refractivity contribution in [2.75, 3.05) is 4.90 Å². The molecular formula is C68H44N2O. The van der Waals surface area contributed by atoms with Gasteiger partial charge in [0, 0.05) is 55.1 Å². The third-order valence-corrected chi connectivity index (χ3v) is 14.4. The highest BCUT2D eigenvalue weighted by atomic mass is 16.3. The van der Waals surface area contributed by atoms with E-state index in [4.69, 9.17) is 4.42 Å². The Kier molecular flexibility index (Phi) is 9.53. The van der Waals surface area contributed by atoms with Gasteiger partial charge in [0.05, 0.1) is 16.7 Å². The second-order valence-corrected chi connectivity index (χ2v) is 18.5. The normalized spacial score (nSPS) is 11.7. The number of benzene rings is 12. The Labute approximate surface area is 411 Å². The van der Waals surface area contributed by atoms with E-state index in [1.807, 2.05) is 0 Å². The predicted molar refractivity (Wildman–Crippen MR) is 299 cm³/mol. The van der Waals surface area contributed by atoms with Crippen molar-refractivity contribution in [1.29, 1.82) is 0 Å². The van der Waals surface area contributed by atoms with Crippen LogP contribution in [0, 0.1) is 0 Å². The predicted octanol–water partition coefficient (Wildman–Crippen LogP) is 19.1. The SMILES string of the molecule is c1cc(-c2ccc(N(c3ccc(-c4cccc(-n5c6ccccc6c6ccccc65)c4)cc3)c3ccccc3-c3cccc4c3oc3c5ccccc5ccc43)cc2)cc(-c2ccc3ccccc3c2)c1. The lowest BCUT2D eigenvalue weighted by Gasteiger charge is -2.28. The fourth-order valence-electron chi connectivity index (χ4n) is 10.9. The van der Waals surface area contributed by atoms with E-state index in [0.717, 1.165) is 83.3 Å². The van der Waals surface area contributed by atoms with Crippen LogP contribution in [0.3, 0.4) is 0 Å². The molecule has 0 radical (unpaired) electrons. The standard InChI is InChI=1S/C68H44N2O/c1-2-16-49-43-53(31-30-45(49)14-1)51-18-11-17-50(42-51)46-32-37-54(38-33-46)69(64-27-8-7-24-60(64)61-25-13-26-62-63-41-36-48-15-3-4-21-57(48)67(63)71-68(61)62)55-39-34-47(35-40-55)52-19-12-20-56(44-52)70-65-28-9-5-22-58(65)59-23-6-10-29-66(59)70/h1-44H. The maximum absolute atomic E-state index is 6.95. The molecule has 12 aromatic carbocycles. The van der Waals surface area contributed by atoms with Gasteiger partial charge in [-0.05, 0) is 122 Å². The minimum Gasteiger partial charge on any atom is -0.455 e. The van der Waals surface area contributed by atoms with Crippen molar-refractivity contribution in [3.63, 3.8) is 0 Å². The van der Waals surface area contributed by atoms with Crippen LogP contribution in [0.5, 0.6) is 0 Å². The lowest BCUT2D eigenvalue weighted by atomic mass is 9.96. The maximum Gasteiger partial charge on any atom is 0.143 e. The number of fused-ring (bicyclic) bond motifs is 9. The zero-order chi connectivity index (χ0) is 46.8. The Hall–Kier alpha value is -9.44. The van der Waals surface area contributed by atoms with Gasteiger partial charge in [0.15, 0.2) is 0 Å². The zero-order valence-corrected chi connectivity index (χ0v) is 38.7. The summed E-state index contributed by atoms with van der Waals surface area (Å²) in [5.74, 6) is 0. The van der Waals surface area contributed by atoms with Gasteiger partial charge in [-0.2, -0.15) is 0 Å². The molecule has 0 amide bonds. The largest absolute Gasteiger partial charge is 0.455 e. The molecule has 14 rings (SSSR count). The van der Waals surface area contributed by atoms with Crippen LogP contribution in [0.4, 0.5) is 17.1 Å². The van der Waals surface area contributed by atoms with Gasteiger partial charge in [0.1, 0.15) is 11.2 Å². The molecule has 0 N–H and O–H groups in total. The molecule has 0 spiro atoms. The number of nitrogens with zero attached hydrogens (tertiary/aromatic N) is 2. The van der Waals surface area contributed by atoms with E-state index in [-0.39, 0.29) is 0 Å². The van der Waals surface area contributed by atoms with E-state index in [9.17, 15) is 0 Å². The number of furan rings is 1. The van der Waals surface area contributed by atoms with E-state index < -0.39 is 0 Å². The summed E-state index contributed by atoms with van der Waals surface area (Å²) >= 11 is 0. The van der Waals surface area contributed by atoms with Crippen molar-refractivity contribution in [2.45, 2.75) is 0 Å². The van der Waals surface area contributed by atoms with E-state index in [1.54, 1.807) is 0 Å². The average Bonchev–Trinajstić information content (AvgIpc) is 4.00. The highest BCUT2D eigenvalue weighted by molar-refractivity contribution is 6.18. The monoisotopic (exact) mass is 904 g/mol. The zero-order valence-electron chi connectivity index (χ0n) is 38.7. The quantitative estimate of drug-likeness (QED) is 0.151. The third-order valence-electron chi connectivity index (χ3n) is 14.4. The third kappa shape index (κ3) is 6.89. The molecule has 3 nitrogen and oxygen atoms in total. The van der Waals surface area contributed by atoms with Gasteiger partial charge in [-0.25, -0.2) is 0 Å². The molecule has 71 heavy (non-hydrogen) atoms. The van der Waals surface area contributed by atoms with Gasteiger partial charge in [0.2, 0.25) is 0 Å². The maximum atomic E-state index is 6.95. The van der Waals surface area contributed by atoms with Crippen LogP contribution >= 0.6 is 0 Å². The van der Waals surface area contributed by atoms with Crippen LogP contribution in [0.2, 0.25) is 0 Å². The molecular weight excluding hydrogens is 861 g/mol. The summed E-state index contributed by atoms with van der Waals surface area (Å²) in [5, 5.41) is 9.50. The van der Waals surface area contributed by atoms with Crippen molar-refractivity contribution in [2.24, 2.45) is 0 Å².